The number of halogens is 3. The molecule has 1 saturated carbocycles. The highest BCUT2D eigenvalue weighted by Crippen LogP contribution is 2.43. The van der Waals surface area contributed by atoms with Crippen molar-refractivity contribution in [3.8, 4) is 11.5 Å². The molecule has 2 unspecified atom stereocenters. The number of likely N-dealkylation sites (tertiary alicyclic amines) is 1. The molecule has 3 amide bonds. The highest BCUT2D eigenvalue weighted by atomic mass is 32.2. The second-order valence-electron chi connectivity index (χ2n) is 13.8. The predicted octanol–water partition coefficient (Wildman–Crippen LogP) is 5.52. The maximum atomic E-state index is 14.8. The van der Waals surface area contributed by atoms with Crippen LogP contribution in [0, 0.1) is 5.92 Å². The predicted molar refractivity (Wildman–Crippen MR) is 181 cm³/mol. The maximum absolute atomic E-state index is 14.8. The Morgan fingerprint density at radius 2 is 1.77 bits per heavy atom. The molecule has 2 aromatic rings. The number of hydrogen-bond donors (Lipinski definition) is 0. The summed E-state index contributed by atoms with van der Waals surface area (Å²) in [5, 5.41) is 0. The van der Waals surface area contributed by atoms with Crippen molar-refractivity contribution in [3.63, 3.8) is 0 Å². The second-order valence-corrected chi connectivity index (χ2v) is 15.4. The number of benzene rings is 2. The Labute approximate surface area is 300 Å². The number of esters is 1. The average Bonchev–Trinajstić information content (AvgIpc) is 3.89. The summed E-state index contributed by atoms with van der Waals surface area (Å²) in [6.45, 7) is 7.12. The third kappa shape index (κ3) is 9.08. The fourth-order valence-corrected chi connectivity index (χ4v) is 6.75. The van der Waals surface area contributed by atoms with Gasteiger partial charge in [-0.1, -0.05) is 12.1 Å². The molecule has 3 aliphatic rings. The summed E-state index contributed by atoms with van der Waals surface area (Å²) in [7, 11) is -5.95. The number of anilines is 2. The quantitative estimate of drug-likeness (QED) is 0.163. The molecule has 17 heteroatoms. The zero-order valence-corrected chi connectivity index (χ0v) is 30.1. The number of hydrogen-bond acceptors (Lipinski definition) is 10. The average molecular weight is 754 g/mol. The van der Waals surface area contributed by atoms with Crippen molar-refractivity contribution in [2.75, 3.05) is 42.6 Å². The largest absolute Gasteiger partial charge is 0.534 e. The molecule has 1 saturated heterocycles. The first-order valence-electron chi connectivity index (χ1n) is 17.0. The van der Waals surface area contributed by atoms with Crippen LogP contribution in [-0.2, 0) is 34.0 Å². The molecule has 2 heterocycles. The van der Waals surface area contributed by atoms with Crippen molar-refractivity contribution in [3.05, 3.63) is 48.0 Å². The fourth-order valence-electron chi connectivity index (χ4n) is 6.29. The summed E-state index contributed by atoms with van der Waals surface area (Å²) in [6.07, 6.45) is 1.34. The molecule has 2 aromatic carbocycles. The number of carbonyl (C=O) groups excluding carboxylic acids is 4. The molecular weight excluding hydrogens is 711 g/mol. The van der Waals surface area contributed by atoms with E-state index >= 15 is 0 Å². The number of amides is 3. The van der Waals surface area contributed by atoms with E-state index < -0.39 is 44.9 Å². The number of rotatable bonds is 11. The second kappa shape index (κ2) is 15.2. The van der Waals surface area contributed by atoms with Gasteiger partial charge < -0.3 is 33.1 Å². The van der Waals surface area contributed by atoms with E-state index in [1.54, 1.807) is 56.9 Å². The number of ether oxygens (including phenoxy) is 3. The van der Waals surface area contributed by atoms with Crippen molar-refractivity contribution < 1.29 is 59.2 Å². The van der Waals surface area contributed by atoms with Gasteiger partial charge in [-0.2, -0.15) is 21.6 Å². The molecule has 13 nitrogen and oxygen atoms in total. The molecule has 52 heavy (non-hydrogen) atoms. The van der Waals surface area contributed by atoms with Gasteiger partial charge in [0.25, 0.3) is 5.91 Å². The lowest BCUT2D eigenvalue weighted by atomic mass is 9.79. The Morgan fingerprint density at radius 1 is 1.04 bits per heavy atom. The standard InChI is InChI=1S/C35H42F3N3O10S/c1-5-48-31(43)10-7-16-40-28-19-24(13-14-29(28)49-21-30(40)42)41(23-11-12-23)32(44)27-20-39(33(45)50-34(2,3)4)17-15-26(27)22-8-6-9-25(18-22)51-52(46,47)35(36,37)38/h6,8-9,13-14,18-19,23,26-27H,5,7,10-12,15-17,20-21H2,1-4H3. The van der Waals surface area contributed by atoms with E-state index in [4.69, 9.17) is 14.2 Å². The first-order chi connectivity index (χ1) is 24.4. The van der Waals surface area contributed by atoms with Gasteiger partial charge in [0.15, 0.2) is 6.61 Å². The SMILES string of the molecule is CCOC(=O)CCCN1C(=O)COc2ccc(N(C(=O)C3CN(C(=O)OC(C)(C)C)CCC3c3cccc(OS(=O)(=O)C(F)(F)F)c3)C3CC3)cc21. The van der Waals surface area contributed by atoms with Crippen LogP contribution in [0.2, 0.25) is 0 Å². The van der Waals surface area contributed by atoms with Gasteiger partial charge in [0.05, 0.1) is 18.2 Å². The Morgan fingerprint density at radius 3 is 2.42 bits per heavy atom. The summed E-state index contributed by atoms with van der Waals surface area (Å²) >= 11 is 0. The number of carbonyl (C=O) groups is 4. The summed E-state index contributed by atoms with van der Waals surface area (Å²) < 4.78 is 83.6. The molecule has 1 aliphatic carbocycles. The van der Waals surface area contributed by atoms with Crippen LogP contribution < -0.4 is 18.7 Å². The van der Waals surface area contributed by atoms with Gasteiger partial charge in [0.1, 0.15) is 17.1 Å². The fraction of sp³-hybridized carbons (Fsp3) is 0.543. The Balaban J connectivity index is 1.48. The molecule has 2 aliphatic heterocycles. The third-order valence-electron chi connectivity index (χ3n) is 8.74. The molecule has 0 radical (unpaired) electrons. The van der Waals surface area contributed by atoms with Gasteiger partial charge in [-0.05, 0) is 95.2 Å². The maximum Gasteiger partial charge on any atom is 0.534 e. The van der Waals surface area contributed by atoms with Crippen LogP contribution in [0.3, 0.4) is 0 Å². The summed E-state index contributed by atoms with van der Waals surface area (Å²) in [5.74, 6) is -2.85. The Hall–Kier alpha value is -4.54. The van der Waals surface area contributed by atoms with Crippen LogP contribution in [0.1, 0.15) is 71.3 Å². The minimum Gasteiger partial charge on any atom is -0.482 e. The van der Waals surface area contributed by atoms with E-state index in [0.29, 0.717) is 42.0 Å². The van der Waals surface area contributed by atoms with E-state index in [1.807, 2.05) is 0 Å². The molecule has 0 aromatic heterocycles. The van der Waals surface area contributed by atoms with Gasteiger partial charge in [0.2, 0.25) is 5.91 Å². The van der Waals surface area contributed by atoms with Crippen molar-refractivity contribution in [2.45, 2.75) is 82.9 Å². The first kappa shape index (κ1) is 38.7. The summed E-state index contributed by atoms with van der Waals surface area (Å²) in [6, 6.07) is 9.96. The molecule has 2 atom stereocenters. The Bertz CT molecular complexity index is 1790. The minimum absolute atomic E-state index is 0.0971. The van der Waals surface area contributed by atoms with Gasteiger partial charge in [0, 0.05) is 37.8 Å². The van der Waals surface area contributed by atoms with Crippen molar-refractivity contribution in [1.29, 1.82) is 0 Å². The molecule has 284 valence electrons. The smallest absolute Gasteiger partial charge is 0.482 e. The molecule has 5 rings (SSSR count). The van der Waals surface area contributed by atoms with Crippen LogP contribution in [0.4, 0.5) is 29.3 Å². The first-order valence-corrected chi connectivity index (χ1v) is 18.4. The van der Waals surface area contributed by atoms with Crippen molar-refractivity contribution in [2.24, 2.45) is 5.92 Å². The molecule has 2 fully saturated rings. The third-order valence-corrected chi connectivity index (χ3v) is 9.72. The summed E-state index contributed by atoms with van der Waals surface area (Å²) in [5.41, 5.74) is -5.24. The number of alkyl halides is 3. The Kier molecular flexibility index (Phi) is 11.3. The zero-order valence-electron chi connectivity index (χ0n) is 29.3. The van der Waals surface area contributed by atoms with Crippen LogP contribution in [0.15, 0.2) is 42.5 Å². The molecule has 0 spiro atoms. The molecule has 0 N–H and O–H groups in total. The van der Waals surface area contributed by atoms with Crippen LogP contribution in [0.25, 0.3) is 0 Å². The van der Waals surface area contributed by atoms with Crippen molar-refractivity contribution in [1.82, 2.24) is 4.90 Å². The van der Waals surface area contributed by atoms with Gasteiger partial charge >= 0.3 is 27.7 Å². The van der Waals surface area contributed by atoms with E-state index in [1.165, 1.54) is 15.9 Å². The normalized spacial score (nSPS) is 19.3. The zero-order chi connectivity index (χ0) is 38.0. The van der Waals surface area contributed by atoms with E-state index in [0.717, 1.165) is 12.1 Å². The monoisotopic (exact) mass is 753 g/mol. The lowest BCUT2D eigenvalue weighted by Gasteiger charge is -2.41. The lowest BCUT2D eigenvalue weighted by Crippen LogP contribution is -2.51. The number of nitrogens with zero attached hydrogens (tertiary/aromatic N) is 3. The lowest BCUT2D eigenvalue weighted by molar-refractivity contribution is -0.143. The highest BCUT2D eigenvalue weighted by Gasteiger charge is 2.49. The van der Waals surface area contributed by atoms with E-state index in [-0.39, 0.29) is 69.5 Å². The topological polar surface area (TPSA) is 149 Å². The van der Waals surface area contributed by atoms with Gasteiger partial charge in [-0.15, -0.1) is 0 Å². The van der Waals surface area contributed by atoms with Gasteiger partial charge in [-0.3, -0.25) is 14.4 Å². The van der Waals surface area contributed by atoms with Crippen LogP contribution >= 0.6 is 0 Å². The molecular formula is C35H42F3N3O10S. The van der Waals surface area contributed by atoms with Crippen molar-refractivity contribution >= 4 is 45.4 Å². The number of fused-ring (bicyclic) bond motifs is 1. The molecule has 0 bridgehead atoms. The van der Waals surface area contributed by atoms with Crippen LogP contribution in [-0.4, -0.2) is 87.2 Å². The minimum atomic E-state index is -5.95. The summed E-state index contributed by atoms with van der Waals surface area (Å²) in [4.78, 5) is 57.5. The van der Waals surface area contributed by atoms with E-state index in [2.05, 4.69) is 4.18 Å². The number of piperidine rings is 1. The van der Waals surface area contributed by atoms with Gasteiger partial charge in [-0.25, -0.2) is 4.79 Å². The van der Waals surface area contributed by atoms with E-state index in [9.17, 15) is 40.8 Å². The van der Waals surface area contributed by atoms with Crippen LogP contribution in [0.5, 0.6) is 11.5 Å². The highest BCUT2D eigenvalue weighted by molar-refractivity contribution is 7.88.